The number of benzene rings is 1. The SMILES string of the molecule is Cc1cccc(C)c1NC(=O)CCNC(=O)C(C)(C)C. The van der Waals surface area contributed by atoms with E-state index in [1.165, 1.54) is 0 Å². The predicted octanol–water partition coefficient (Wildman–Crippen LogP) is 2.79. The highest BCUT2D eigenvalue weighted by atomic mass is 16.2. The minimum atomic E-state index is -0.427. The third-order valence-corrected chi connectivity index (χ3v) is 3.06. The first-order valence-electron chi connectivity index (χ1n) is 6.86. The monoisotopic (exact) mass is 276 g/mol. The first kappa shape index (κ1) is 16.2. The average molecular weight is 276 g/mol. The van der Waals surface area contributed by atoms with Crippen molar-refractivity contribution in [2.45, 2.75) is 41.0 Å². The number of amides is 2. The molecular weight excluding hydrogens is 252 g/mol. The van der Waals surface area contributed by atoms with E-state index in [0.29, 0.717) is 6.54 Å². The Kier molecular flexibility index (Phi) is 5.31. The van der Waals surface area contributed by atoms with E-state index in [9.17, 15) is 9.59 Å². The number of hydrogen-bond acceptors (Lipinski definition) is 2. The Morgan fingerprint density at radius 3 is 2.15 bits per heavy atom. The van der Waals surface area contributed by atoms with Crippen LogP contribution in [-0.4, -0.2) is 18.4 Å². The van der Waals surface area contributed by atoms with Gasteiger partial charge in [0.2, 0.25) is 11.8 Å². The number of rotatable bonds is 4. The molecule has 0 saturated carbocycles. The lowest BCUT2D eigenvalue weighted by atomic mass is 9.96. The first-order chi connectivity index (χ1) is 9.21. The summed E-state index contributed by atoms with van der Waals surface area (Å²) >= 11 is 0. The highest BCUT2D eigenvalue weighted by Gasteiger charge is 2.20. The van der Waals surface area contributed by atoms with Crippen molar-refractivity contribution in [3.05, 3.63) is 29.3 Å². The number of carbonyl (C=O) groups excluding carboxylic acids is 2. The average Bonchev–Trinajstić information content (AvgIpc) is 2.32. The molecule has 0 fully saturated rings. The Labute approximate surface area is 121 Å². The fraction of sp³-hybridized carbons (Fsp3) is 0.500. The summed E-state index contributed by atoms with van der Waals surface area (Å²) in [4.78, 5) is 23.6. The van der Waals surface area contributed by atoms with Crippen LogP contribution in [0.2, 0.25) is 0 Å². The molecule has 0 bridgehead atoms. The molecular formula is C16H24N2O2. The van der Waals surface area contributed by atoms with Crippen LogP contribution in [0, 0.1) is 19.3 Å². The van der Waals surface area contributed by atoms with Crippen molar-refractivity contribution in [2.24, 2.45) is 5.41 Å². The van der Waals surface area contributed by atoms with Crippen molar-refractivity contribution in [3.8, 4) is 0 Å². The van der Waals surface area contributed by atoms with Crippen molar-refractivity contribution in [1.29, 1.82) is 0 Å². The van der Waals surface area contributed by atoms with Gasteiger partial charge in [-0.1, -0.05) is 39.0 Å². The van der Waals surface area contributed by atoms with E-state index in [-0.39, 0.29) is 18.2 Å². The zero-order valence-electron chi connectivity index (χ0n) is 13.0. The van der Waals surface area contributed by atoms with Gasteiger partial charge in [-0.25, -0.2) is 0 Å². The van der Waals surface area contributed by atoms with Gasteiger partial charge in [0.25, 0.3) is 0 Å². The molecule has 0 aromatic heterocycles. The van der Waals surface area contributed by atoms with Gasteiger partial charge < -0.3 is 10.6 Å². The first-order valence-corrected chi connectivity index (χ1v) is 6.86. The Morgan fingerprint density at radius 2 is 1.65 bits per heavy atom. The molecule has 110 valence electrons. The van der Waals surface area contributed by atoms with Gasteiger partial charge >= 0.3 is 0 Å². The second-order valence-corrected chi connectivity index (χ2v) is 6.07. The Bertz CT molecular complexity index is 481. The second-order valence-electron chi connectivity index (χ2n) is 6.07. The molecule has 0 saturated heterocycles. The van der Waals surface area contributed by atoms with Gasteiger partial charge in [-0.3, -0.25) is 9.59 Å². The van der Waals surface area contributed by atoms with Gasteiger partial charge in [0.1, 0.15) is 0 Å². The molecule has 0 spiro atoms. The van der Waals surface area contributed by atoms with E-state index in [4.69, 9.17) is 0 Å². The summed E-state index contributed by atoms with van der Waals surface area (Å²) in [5.74, 6) is -0.131. The molecule has 2 N–H and O–H groups in total. The van der Waals surface area contributed by atoms with E-state index >= 15 is 0 Å². The zero-order valence-corrected chi connectivity index (χ0v) is 13.0. The second kappa shape index (κ2) is 6.55. The number of hydrogen-bond donors (Lipinski definition) is 2. The van der Waals surface area contributed by atoms with Crippen LogP contribution in [0.5, 0.6) is 0 Å². The van der Waals surface area contributed by atoms with Crippen molar-refractivity contribution < 1.29 is 9.59 Å². The largest absolute Gasteiger partial charge is 0.355 e. The van der Waals surface area contributed by atoms with E-state index < -0.39 is 5.41 Å². The number of nitrogens with one attached hydrogen (secondary N) is 2. The molecule has 0 radical (unpaired) electrons. The van der Waals surface area contributed by atoms with Gasteiger partial charge in [0.05, 0.1) is 0 Å². The molecule has 0 atom stereocenters. The molecule has 1 aromatic carbocycles. The van der Waals surface area contributed by atoms with Crippen molar-refractivity contribution in [1.82, 2.24) is 5.32 Å². The maximum Gasteiger partial charge on any atom is 0.226 e. The zero-order chi connectivity index (χ0) is 15.3. The Balaban J connectivity index is 2.47. The Hall–Kier alpha value is -1.84. The quantitative estimate of drug-likeness (QED) is 0.888. The van der Waals surface area contributed by atoms with E-state index in [1.807, 2.05) is 52.8 Å². The summed E-state index contributed by atoms with van der Waals surface area (Å²) in [7, 11) is 0. The lowest BCUT2D eigenvalue weighted by Crippen LogP contribution is -2.36. The van der Waals surface area contributed by atoms with Gasteiger partial charge in [-0.15, -0.1) is 0 Å². The number of carbonyl (C=O) groups is 2. The summed E-state index contributed by atoms with van der Waals surface area (Å²) in [5, 5.41) is 5.67. The van der Waals surface area contributed by atoms with Crippen LogP contribution in [0.4, 0.5) is 5.69 Å². The van der Waals surface area contributed by atoms with Crippen LogP contribution < -0.4 is 10.6 Å². The minimum absolute atomic E-state index is 0.0441. The topological polar surface area (TPSA) is 58.2 Å². The lowest BCUT2D eigenvalue weighted by molar-refractivity contribution is -0.128. The van der Waals surface area contributed by atoms with E-state index in [1.54, 1.807) is 0 Å². The summed E-state index contributed by atoms with van der Waals surface area (Å²) in [6.45, 7) is 9.82. The van der Waals surface area contributed by atoms with Crippen LogP contribution in [0.1, 0.15) is 38.3 Å². The number of anilines is 1. The van der Waals surface area contributed by atoms with Crippen LogP contribution in [0.3, 0.4) is 0 Å². The number of aryl methyl sites for hydroxylation is 2. The molecule has 20 heavy (non-hydrogen) atoms. The normalized spacial score (nSPS) is 11.1. The van der Waals surface area contributed by atoms with Gasteiger partial charge in [-0.2, -0.15) is 0 Å². The number of para-hydroxylation sites is 1. The molecule has 0 heterocycles. The highest BCUT2D eigenvalue weighted by molar-refractivity contribution is 5.92. The van der Waals surface area contributed by atoms with Crippen LogP contribution >= 0.6 is 0 Å². The standard InChI is InChI=1S/C16H24N2O2/c1-11-7-6-8-12(2)14(11)18-13(19)9-10-17-15(20)16(3,4)5/h6-8H,9-10H2,1-5H3,(H,17,20)(H,18,19). The fourth-order valence-electron chi connectivity index (χ4n) is 1.77. The lowest BCUT2D eigenvalue weighted by Gasteiger charge is -2.17. The summed E-state index contributed by atoms with van der Waals surface area (Å²) in [6.07, 6.45) is 0.273. The fourth-order valence-corrected chi connectivity index (χ4v) is 1.77. The molecule has 0 aliphatic rings. The van der Waals surface area contributed by atoms with Crippen molar-refractivity contribution in [3.63, 3.8) is 0 Å². The van der Waals surface area contributed by atoms with Crippen LogP contribution in [0.25, 0.3) is 0 Å². The Morgan fingerprint density at radius 1 is 1.10 bits per heavy atom. The molecule has 4 heteroatoms. The van der Waals surface area contributed by atoms with Crippen molar-refractivity contribution >= 4 is 17.5 Å². The van der Waals surface area contributed by atoms with Gasteiger partial charge in [-0.05, 0) is 25.0 Å². The molecule has 1 aromatic rings. The molecule has 2 amide bonds. The van der Waals surface area contributed by atoms with Crippen LogP contribution in [0.15, 0.2) is 18.2 Å². The maximum absolute atomic E-state index is 11.9. The minimum Gasteiger partial charge on any atom is -0.355 e. The smallest absolute Gasteiger partial charge is 0.226 e. The summed E-state index contributed by atoms with van der Waals surface area (Å²) in [6, 6.07) is 5.89. The van der Waals surface area contributed by atoms with Crippen LogP contribution in [-0.2, 0) is 9.59 Å². The molecule has 1 rings (SSSR count). The van der Waals surface area contributed by atoms with Crippen molar-refractivity contribution in [2.75, 3.05) is 11.9 Å². The molecule has 0 aliphatic heterocycles. The van der Waals surface area contributed by atoms with E-state index in [2.05, 4.69) is 10.6 Å². The van der Waals surface area contributed by atoms with E-state index in [0.717, 1.165) is 16.8 Å². The van der Waals surface area contributed by atoms with Gasteiger partial charge in [0, 0.05) is 24.1 Å². The summed E-state index contributed by atoms with van der Waals surface area (Å²) < 4.78 is 0. The molecule has 4 nitrogen and oxygen atoms in total. The van der Waals surface area contributed by atoms with Gasteiger partial charge in [0.15, 0.2) is 0 Å². The third-order valence-electron chi connectivity index (χ3n) is 3.06. The molecule has 0 unspecified atom stereocenters. The summed E-state index contributed by atoms with van der Waals surface area (Å²) in [5.41, 5.74) is 2.51. The highest BCUT2D eigenvalue weighted by Crippen LogP contribution is 2.19. The predicted molar refractivity (Wildman–Crippen MR) is 81.6 cm³/mol. The third kappa shape index (κ3) is 4.68. The maximum atomic E-state index is 11.9. The molecule has 0 aliphatic carbocycles.